The molecular formula is C23H22ClNO4S. The number of anilines is 1. The minimum absolute atomic E-state index is 0.174. The van der Waals surface area contributed by atoms with Gasteiger partial charge in [-0.25, -0.2) is 4.79 Å². The average Bonchev–Trinajstić information content (AvgIpc) is 3.00. The molecule has 2 aromatic carbocycles. The van der Waals surface area contributed by atoms with E-state index in [1.54, 1.807) is 12.1 Å². The molecule has 156 valence electrons. The van der Waals surface area contributed by atoms with E-state index in [1.807, 2.05) is 51.1 Å². The molecule has 1 heterocycles. The van der Waals surface area contributed by atoms with E-state index in [2.05, 4.69) is 5.32 Å². The van der Waals surface area contributed by atoms with Crippen LogP contribution in [-0.4, -0.2) is 25.6 Å². The van der Waals surface area contributed by atoms with Gasteiger partial charge >= 0.3 is 5.97 Å². The molecule has 0 aliphatic heterocycles. The van der Waals surface area contributed by atoms with Gasteiger partial charge in [-0.2, -0.15) is 0 Å². The van der Waals surface area contributed by atoms with Gasteiger partial charge in [0.15, 0.2) is 6.61 Å². The van der Waals surface area contributed by atoms with Gasteiger partial charge in [-0.1, -0.05) is 29.8 Å². The second-order valence-electron chi connectivity index (χ2n) is 6.90. The summed E-state index contributed by atoms with van der Waals surface area (Å²) in [6.07, 6.45) is 0. The molecule has 1 amide bonds. The van der Waals surface area contributed by atoms with Crippen LogP contribution in [0.3, 0.4) is 0 Å². The van der Waals surface area contributed by atoms with Gasteiger partial charge in [0.1, 0.15) is 16.3 Å². The number of benzene rings is 2. The number of halogens is 1. The maximum Gasteiger partial charge on any atom is 0.341 e. The molecule has 30 heavy (non-hydrogen) atoms. The summed E-state index contributed by atoms with van der Waals surface area (Å²) in [5.74, 6) is -0.268. The lowest BCUT2D eigenvalue weighted by atomic mass is 10.0. The van der Waals surface area contributed by atoms with Crippen molar-refractivity contribution in [3.05, 3.63) is 69.1 Å². The summed E-state index contributed by atoms with van der Waals surface area (Å²) in [5, 5.41) is 3.77. The predicted molar refractivity (Wildman–Crippen MR) is 121 cm³/mol. The normalized spacial score (nSPS) is 10.6. The second-order valence-corrected chi connectivity index (χ2v) is 8.56. The molecular weight excluding hydrogens is 422 g/mol. The standard InChI is InChI=1S/C23H22ClNO4S/c1-13-8-14(2)10-18(9-13)29-12-19(26)25-22-21(23(27)28-4)20(15(3)30-22)16-6-5-7-17(24)11-16/h5-11H,12H2,1-4H3,(H,25,26). The monoisotopic (exact) mass is 443 g/mol. The van der Waals surface area contributed by atoms with E-state index >= 15 is 0 Å². The molecule has 0 aliphatic rings. The van der Waals surface area contributed by atoms with Crippen LogP contribution in [0.15, 0.2) is 42.5 Å². The highest BCUT2D eigenvalue weighted by atomic mass is 35.5. The first-order chi connectivity index (χ1) is 14.3. The SMILES string of the molecule is COC(=O)c1c(NC(=O)COc2cc(C)cc(C)c2)sc(C)c1-c1cccc(Cl)c1. The fourth-order valence-electron chi connectivity index (χ4n) is 3.25. The summed E-state index contributed by atoms with van der Waals surface area (Å²) in [6.45, 7) is 5.64. The van der Waals surface area contributed by atoms with Crippen molar-refractivity contribution in [2.24, 2.45) is 0 Å². The number of esters is 1. The quantitative estimate of drug-likeness (QED) is 0.489. The van der Waals surface area contributed by atoms with Gasteiger partial charge in [0.25, 0.3) is 5.91 Å². The van der Waals surface area contributed by atoms with Crippen molar-refractivity contribution in [3.63, 3.8) is 0 Å². The molecule has 0 saturated carbocycles. The summed E-state index contributed by atoms with van der Waals surface area (Å²) < 4.78 is 10.6. The summed E-state index contributed by atoms with van der Waals surface area (Å²) in [5.41, 5.74) is 3.89. The van der Waals surface area contributed by atoms with Crippen LogP contribution in [0.5, 0.6) is 5.75 Å². The summed E-state index contributed by atoms with van der Waals surface area (Å²) in [7, 11) is 1.31. The zero-order chi connectivity index (χ0) is 21.8. The van der Waals surface area contributed by atoms with Crippen molar-refractivity contribution in [2.45, 2.75) is 20.8 Å². The van der Waals surface area contributed by atoms with Crippen LogP contribution in [0.25, 0.3) is 11.1 Å². The number of methoxy groups -OCH3 is 1. The van der Waals surface area contributed by atoms with Gasteiger partial charge < -0.3 is 14.8 Å². The molecule has 1 N–H and O–H groups in total. The highest BCUT2D eigenvalue weighted by Crippen LogP contribution is 2.41. The van der Waals surface area contributed by atoms with E-state index in [9.17, 15) is 9.59 Å². The van der Waals surface area contributed by atoms with E-state index in [1.165, 1.54) is 18.4 Å². The number of aryl methyl sites for hydroxylation is 3. The molecule has 1 aromatic heterocycles. The van der Waals surface area contributed by atoms with E-state index in [4.69, 9.17) is 21.1 Å². The number of carbonyl (C=O) groups excluding carboxylic acids is 2. The third-order valence-electron chi connectivity index (χ3n) is 4.41. The van der Waals surface area contributed by atoms with Crippen LogP contribution < -0.4 is 10.1 Å². The Balaban J connectivity index is 1.85. The van der Waals surface area contributed by atoms with Crippen LogP contribution >= 0.6 is 22.9 Å². The van der Waals surface area contributed by atoms with Crippen molar-refractivity contribution < 1.29 is 19.1 Å². The van der Waals surface area contributed by atoms with Gasteiger partial charge in [0.2, 0.25) is 0 Å². The zero-order valence-electron chi connectivity index (χ0n) is 17.2. The van der Waals surface area contributed by atoms with E-state index < -0.39 is 5.97 Å². The number of rotatable bonds is 6. The smallest absolute Gasteiger partial charge is 0.341 e. The largest absolute Gasteiger partial charge is 0.484 e. The van der Waals surface area contributed by atoms with Crippen LogP contribution in [0.4, 0.5) is 5.00 Å². The first kappa shape index (κ1) is 21.9. The molecule has 7 heteroatoms. The Morgan fingerprint density at radius 1 is 1.07 bits per heavy atom. The highest BCUT2D eigenvalue weighted by Gasteiger charge is 2.25. The van der Waals surface area contributed by atoms with Crippen molar-refractivity contribution >= 4 is 39.8 Å². The van der Waals surface area contributed by atoms with E-state index in [0.717, 1.165) is 21.6 Å². The second kappa shape index (κ2) is 9.32. The van der Waals surface area contributed by atoms with Gasteiger partial charge in [-0.3, -0.25) is 4.79 Å². The number of nitrogens with one attached hydrogen (secondary N) is 1. The van der Waals surface area contributed by atoms with Crippen LogP contribution in [0.1, 0.15) is 26.4 Å². The maximum atomic E-state index is 12.5. The molecule has 0 radical (unpaired) electrons. The third-order valence-corrected chi connectivity index (χ3v) is 5.66. The number of amides is 1. The van der Waals surface area contributed by atoms with Gasteiger partial charge in [-0.05, 0) is 61.7 Å². The highest BCUT2D eigenvalue weighted by molar-refractivity contribution is 7.17. The van der Waals surface area contributed by atoms with Crippen LogP contribution in [0, 0.1) is 20.8 Å². The lowest BCUT2D eigenvalue weighted by molar-refractivity contribution is -0.118. The number of ether oxygens (including phenoxy) is 2. The van der Waals surface area contributed by atoms with Gasteiger partial charge in [0, 0.05) is 15.5 Å². The predicted octanol–water partition coefficient (Wildman–Crippen LogP) is 5.80. The Hall–Kier alpha value is -2.83. The molecule has 5 nitrogen and oxygen atoms in total. The topological polar surface area (TPSA) is 64.6 Å². The first-order valence-corrected chi connectivity index (χ1v) is 10.5. The number of hydrogen-bond acceptors (Lipinski definition) is 5. The number of carbonyl (C=O) groups is 2. The zero-order valence-corrected chi connectivity index (χ0v) is 18.7. The molecule has 0 spiro atoms. The number of thiophene rings is 1. The third kappa shape index (κ3) is 5.01. The minimum Gasteiger partial charge on any atom is -0.484 e. The van der Waals surface area contributed by atoms with Crippen LogP contribution in [-0.2, 0) is 9.53 Å². The molecule has 3 rings (SSSR count). The maximum absolute atomic E-state index is 12.5. The molecule has 3 aromatic rings. The van der Waals surface area contributed by atoms with Crippen molar-refractivity contribution in [2.75, 3.05) is 19.0 Å². The Morgan fingerprint density at radius 3 is 2.40 bits per heavy atom. The Morgan fingerprint density at radius 2 is 1.77 bits per heavy atom. The molecule has 0 atom stereocenters. The first-order valence-electron chi connectivity index (χ1n) is 9.27. The van der Waals surface area contributed by atoms with Gasteiger partial charge in [0.05, 0.1) is 7.11 Å². The number of hydrogen-bond donors (Lipinski definition) is 1. The summed E-state index contributed by atoms with van der Waals surface area (Å²) in [6, 6.07) is 13.0. The van der Waals surface area contributed by atoms with E-state index in [-0.39, 0.29) is 12.5 Å². The fraction of sp³-hybridized carbons (Fsp3) is 0.217. The van der Waals surface area contributed by atoms with E-state index in [0.29, 0.717) is 26.9 Å². The lowest BCUT2D eigenvalue weighted by Crippen LogP contribution is -2.21. The molecule has 0 bridgehead atoms. The lowest BCUT2D eigenvalue weighted by Gasteiger charge is -2.10. The van der Waals surface area contributed by atoms with Crippen molar-refractivity contribution in [1.82, 2.24) is 0 Å². The van der Waals surface area contributed by atoms with Crippen molar-refractivity contribution in [3.8, 4) is 16.9 Å². The summed E-state index contributed by atoms with van der Waals surface area (Å²) >= 11 is 7.44. The Bertz CT molecular complexity index is 1090. The Labute approximate surface area is 184 Å². The summed E-state index contributed by atoms with van der Waals surface area (Å²) in [4.78, 5) is 25.9. The van der Waals surface area contributed by atoms with Crippen LogP contribution in [0.2, 0.25) is 5.02 Å². The average molecular weight is 444 g/mol. The molecule has 0 unspecified atom stereocenters. The molecule has 0 aliphatic carbocycles. The Kier molecular flexibility index (Phi) is 6.80. The molecule has 0 fully saturated rings. The minimum atomic E-state index is -0.528. The van der Waals surface area contributed by atoms with Crippen molar-refractivity contribution in [1.29, 1.82) is 0 Å². The molecule has 0 saturated heterocycles. The van der Waals surface area contributed by atoms with Gasteiger partial charge in [-0.15, -0.1) is 11.3 Å². The fourth-order valence-corrected chi connectivity index (χ4v) is 4.52.